The highest BCUT2D eigenvalue weighted by atomic mass is 32.2. The molecule has 0 aliphatic carbocycles. The number of fused-ring (bicyclic) bond motifs is 1. The highest BCUT2D eigenvalue weighted by Gasteiger charge is 2.14. The zero-order valence-electron chi connectivity index (χ0n) is 15.5. The fourth-order valence-corrected chi connectivity index (χ4v) is 4.28. The molecule has 0 aliphatic heterocycles. The van der Waals surface area contributed by atoms with E-state index in [2.05, 4.69) is 20.5 Å². The number of aromatic nitrogens is 4. The van der Waals surface area contributed by atoms with Gasteiger partial charge in [-0.2, -0.15) is 0 Å². The third kappa shape index (κ3) is 4.22. The minimum absolute atomic E-state index is 0.161. The minimum atomic E-state index is -0.310. The van der Waals surface area contributed by atoms with Gasteiger partial charge in [0, 0.05) is 12.6 Å². The van der Waals surface area contributed by atoms with Crippen LogP contribution in [-0.2, 0) is 11.8 Å². The average molecular weight is 430 g/mol. The normalized spacial score (nSPS) is 11.0. The first-order valence-electron chi connectivity index (χ1n) is 8.56. The van der Waals surface area contributed by atoms with Crippen LogP contribution in [0.5, 0.6) is 5.75 Å². The van der Waals surface area contributed by atoms with Gasteiger partial charge in [0.25, 0.3) is 0 Å². The van der Waals surface area contributed by atoms with Gasteiger partial charge in [-0.3, -0.25) is 4.79 Å². The summed E-state index contributed by atoms with van der Waals surface area (Å²) in [7, 11) is 3.41. The van der Waals surface area contributed by atoms with E-state index in [1.807, 2.05) is 18.2 Å². The Hall–Kier alpha value is -2.98. The third-order valence-corrected chi connectivity index (χ3v) is 6.07. The van der Waals surface area contributed by atoms with Crippen LogP contribution in [0.1, 0.15) is 0 Å². The molecule has 2 heterocycles. The molecule has 10 heteroatoms. The number of thiazole rings is 1. The number of nitrogens with zero attached hydrogens (tertiary/aromatic N) is 4. The quantitative estimate of drug-likeness (QED) is 0.467. The van der Waals surface area contributed by atoms with Crippen LogP contribution in [0.2, 0.25) is 0 Å². The van der Waals surface area contributed by atoms with Crippen LogP contribution in [0.4, 0.5) is 9.52 Å². The van der Waals surface area contributed by atoms with Crippen molar-refractivity contribution in [1.29, 1.82) is 0 Å². The molecule has 0 saturated carbocycles. The summed E-state index contributed by atoms with van der Waals surface area (Å²) in [6.45, 7) is 0. The van der Waals surface area contributed by atoms with Gasteiger partial charge in [0.2, 0.25) is 5.91 Å². The lowest BCUT2D eigenvalue weighted by Gasteiger charge is -2.04. The van der Waals surface area contributed by atoms with E-state index in [1.165, 1.54) is 35.2 Å². The molecule has 2 aromatic heterocycles. The number of rotatable bonds is 6. The van der Waals surface area contributed by atoms with Gasteiger partial charge in [-0.25, -0.2) is 9.37 Å². The maximum atomic E-state index is 13.1. The number of nitrogens with one attached hydrogen (secondary N) is 1. The van der Waals surface area contributed by atoms with Crippen molar-refractivity contribution in [2.45, 2.75) is 5.16 Å². The third-order valence-electron chi connectivity index (χ3n) is 4.11. The molecule has 0 atom stereocenters. The second-order valence-electron chi connectivity index (χ2n) is 6.06. The highest BCUT2D eigenvalue weighted by Crippen LogP contribution is 2.29. The largest absolute Gasteiger partial charge is 0.497 e. The van der Waals surface area contributed by atoms with Gasteiger partial charge in [0.15, 0.2) is 16.1 Å². The first-order chi connectivity index (χ1) is 14.0. The number of amides is 1. The van der Waals surface area contributed by atoms with Crippen molar-refractivity contribution in [1.82, 2.24) is 19.7 Å². The van der Waals surface area contributed by atoms with Crippen molar-refractivity contribution >= 4 is 44.4 Å². The Kier molecular flexibility index (Phi) is 5.45. The lowest BCUT2D eigenvalue weighted by Crippen LogP contribution is -2.14. The van der Waals surface area contributed by atoms with Crippen LogP contribution in [-0.4, -0.2) is 38.5 Å². The summed E-state index contributed by atoms with van der Waals surface area (Å²) in [6.07, 6.45) is 0. The lowest BCUT2D eigenvalue weighted by molar-refractivity contribution is -0.113. The van der Waals surface area contributed by atoms with Crippen LogP contribution in [0, 0.1) is 5.82 Å². The molecule has 0 aliphatic rings. The van der Waals surface area contributed by atoms with Gasteiger partial charge in [0.1, 0.15) is 11.6 Å². The topological polar surface area (TPSA) is 81.9 Å². The van der Waals surface area contributed by atoms with Gasteiger partial charge >= 0.3 is 0 Å². The Bertz CT molecular complexity index is 1170. The summed E-state index contributed by atoms with van der Waals surface area (Å²) in [6, 6.07) is 11.6. The number of carbonyl (C=O) groups excluding carboxylic acids is 1. The summed E-state index contributed by atoms with van der Waals surface area (Å²) in [5.74, 6) is 1.01. The fraction of sp³-hybridized carbons (Fsp3) is 0.158. The summed E-state index contributed by atoms with van der Waals surface area (Å²) < 4.78 is 21.0. The molecule has 0 fully saturated rings. The Morgan fingerprint density at radius 1 is 1.24 bits per heavy atom. The van der Waals surface area contributed by atoms with Gasteiger partial charge in [-0.15, -0.1) is 10.2 Å². The van der Waals surface area contributed by atoms with Crippen molar-refractivity contribution in [3.63, 3.8) is 0 Å². The van der Waals surface area contributed by atoms with E-state index >= 15 is 0 Å². The molecule has 1 amide bonds. The van der Waals surface area contributed by atoms with Crippen molar-refractivity contribution in [2.24, 2.45) is 7.05 Å². The SMILES string of the molecule is COc1ccc2nc(NC(=O)CSc3nnc(-c4ccc(F)cc4)n3C)sc2c1. The van der Waals surface area contributed by atoms with E-state index in [-0.39, 0.29) is 17.5 Å². The summed E-state index contributed by atoms with van der Waals surface area (Å²) in [5.41, 5.74) is 1.55. The second kappa shape index (κ2) is 8.18. The monoisotopic (exact) mass is 429 g/mol. The standard InChI is InChI=1S/C19H16FN5O2S2/c1-25-17(11-3-5-12(20)6-4-11)23-24-19(25)28-10-16(26)22-18-21-14-8-7-13(27-2)9-15(14)29-18/h3-9H,10H2,1-2H3,(H,21,22,26). The van der Waals surface area contributed by atoms with Crippen LogP contribution in [0.3, 0.4) is 0 Å². The highest BCUT2D eigenvalue weighted by molar-refractivity contribution is 7.99. The van der Waals surface area contributed by atoms with Crippen LogP contribution in [0.15, 0.2) is 47.6 Å². The number of methoxy groups -OCH3 is 1. The molecule has 0 unspecified atom stereocenters. The first kappa shape index (κ1) is 19.3. The number of ether oxygens (including phenoxy) is 1. The summed E-state index contributed by atoms with van der Waals surface area (Å²) in [5, 5.41) is 12.2. The predicted octanol–water partition coefficient (Wildman–Crippen LogP) is 3.97. The minimum Gasteiger partial charge on any atom is -0.497 e. The zero-order chi connectivity index (χ0) is 20.4. The van der Waals surface area contributed by atoms with E-state index in [1.54, 1.807) is 30.9 Å². The van der Waals surface area contributed by atoms with Crippen molar-refractivity contribution in [3.05, 3.63) is 48.3 Å². The zero-order valence-corrected chi connectivity index (χ0v) is 17.2. The average Bonchev–Trinajstić information content (AvgIpc) is 3.29. The fourth-order valence-electron chi connectivity index (χ4n) is 2.66. The number of anilines is 1. The molecule has 29 heavy (non-hydrogen) atoms. The van der Waals surface area contributed by atoms with E-state index in [0.29, 0.717) is 16.1 Å². The summed E-state index contributed by atoms with van der Waals surface area (Å²) >= 11 is 2.65. The Morgan fingerprint density at radius 3 is 2.79 bits per heavy atom. The number of thioether (sulfide) groups is 1. The first-order valence-corrected chi connectivity index (χ1v) is 10.4. The Labute approximate surface area is 173 Å². The van der Waals surface area contributed by atoms with E-state index in [9.17, 15) is 9.18 Å². The Morgan fingerprint density at radius 2 is 2.03 bits per heavy atom. The van der Waals surface area contributed by atoms with Crippen molar-refractivity contribution < 1.29 is 13.9 Å². The van der Waals surface area contributed by atoms with Crippen molar-refractivity contribution in [3.8, 4) is 17.1 Å². The molecule has 1 N–H and O–H groups in total. The molecular weight excluding hydrogens is 413 g/mol. The number of hydrogen-bond donors (Lipinski definition) is 1. The van der Waals surface area contributed by atoms with Gasteiger partial charge in [-0.1, -0.05) is 23.1 Å². The molecule has 0 radical (unpaired) electrons. The summed E-state index contributed by atoms with van der Waals surface area (Å²) in [4.78, 5) is 16.7. The van der Waals surface area contributed by atoms with Crippen LogP contribution < -0.4 is 10.1 Å². The molecule has 0 spiro atoms. The van der Waals surface area contributed by atoms with Crippen molar-refractivity contribution in [2.75, 3.05) is 18.2 Å². The van der Waals surface area contributed by atoms with Crippen LogP contribution in [0.25, 0.3) is 21.6 Å². The number of benzene rings is 2. The maximum Gasteiger partial charge on any atom is 0.236 e. The number of carbonyl (C=O) groups is 1. The molecule has 4 aromatic rings. The predicted molar refractivity (Wildman–Crippen MR) is 112 cm³/mol. The van der Waals surface area contributed by atoms with Gasteiger partial charge in [0.05, 0.1) is 23.1 Å². The number of hydrogen-bond acceptors (Lipinski definition) is 7. The lowest BCUT2D eigenvalue weighted by atomic mass is 10.2. The molecule has 2 aromatic carbocycles. The second-order valence-corrected chi connectivity index (χ2v) is 8.03. The van der Waals surface area contributed by atoms with E-state index < -0.39 is 0 Å². The smallest absolute Gasteiger partial charge is 0.236 e. The van der Waals surface area contributed by atoms with Gasteiger partial charge in [-0.05, 0) is 42.5 Å². The molecular formula is C19H16FN5O2S2. The number of halogens is 1. The van der Waals surface area contributed by atoms with Crippen LogP contribution >= 0.6 is 23.1 Å². The molecule has 0 bridgehead atoms. The van der Waals surface area contributed by atoms with E-state index in [4.69, 9.17) is 4.74 Å². The molecule has 148 valence electrons. The Balaban J connectivity index is 1.40. The molecule has 7 nitrogen and oxygen atoms in total. The maximum absolute atomic E-state index is 13.1. The molecule has 0 saturated heterocycles. The van der Waals surface area contributed by atoms with Gasteiger partial charge < -0.3 is 14.6 Å². The van der Waals surface area contributed by atoms with E-state index in [0.717, 1.165) is 21.5 Å². The molecule has 4 rings (SSSR count).